The van der Waals surface area contributed by atoms with Crippen molar-refractivity contribution in [3.8, 4) is 5.88 Å². The number of hydrogen-bond acceptors (Lipinski definition) is 5. The van der Waals surface area contributed by atoms with Gasteiger partial charge in [0.05, 0.1) is 32.3 Å². The summed E-state index contributed by atoms with van der Waals surface area (Å²) >= 11 is 0. The summed E-state index contributed by atoms with van der Waals surface area (Å²) in [4.78, 5) is 12.6. The first kappa shape index (κ1) is 12.0. The van der Waals surface area contributed by atoms with Crippen LogP contribution in [0.3, 0.4) is 0 Å². The Kier molecular flexibility index (Phi) is 3.86. The third-order valence-electron chi connectivity index (χ3n) is 2.24. The molecule has 0 fully saturated rings. The van der Waals surface area contributed by atoms with E-state index in [1.165, 1.54) is 6.20 Å². The summed E-state index contributed by atoms with van der Waals surface area (Å²) in [5.74, 6) is 0.866. The Labute approximate surface area is 105 Å². The highest BCUT2D eigenvalue weighted by molar-refractivity contribution is 5.93. The molecule has 0 unspecified atom stereocenters. The van der Waals surface area contributed by atoms with Crippen molar-refractivity contribution >= 4 is 11.6 Å². The lowest BCUT2D eigenvalue weighted by molar-refractivity contribution is 0.392. The van der Waals surface area contributed by atoms with Crippen LogP contribution in [-0.2, 0) is 4.74 Å². The van der Waals surface area contributed by atoms with E-state index < -0.39 is 0 Å². The molecule has 1 heterocycles. The smallest absolute Gasteiger partial charge is 0.241 e. The van der Waals surface area contributed by atoms with E-state index in [4.69, 9.17) is 9.47 Å². The zero-order valence-corrected chi connectivity index (χ0v) is 10.2. The number of benzene rings is 1. The molecule has 2 rings (SSSR count). The molecule has 0 aliphatic heterocycles. The van der Waals surface area contributed by atoms with Gasteiger partial charge in [-0.25, -0.2) is 15.0 Å². The molecule has 2 aromatic rings. The van der Waals surface area contributed by atoms with Gasteiger partial charge in [0, 0.05) is 0 Å². The second kappa shape index (κ2) is 5.77. The third kappa shape index (κ3) is 2.82. The summed E-state index contributed by atoms with van der Waals surface area (Å²) in [6.07, 6.45) is 3.08. The minimum atomic E-state index is 0.413. The van der Waals surface area contributed by atoms with E-state index in [1.807, 2.05) is 30.3 Å². The second-order valence-electron chi connectivity index (χ2n) is 3.40. The zero-order valence-electron chi connectivity index (χ0n) is 10.2. The molecule has 0 N–H and O–H groups in total. The van der Waals surface area contributed by atoms with Gasteiger partial charge < -0.3 is 9.47 Å². The normalized spacial score (nSPS) is 11.1. The van der Waals surface area contributed by atoms with E-state index in [1.54, 1.807) is 20.4 Å². The number of hydrogen-bond donors (Lipinski definition) is 0. The summed E-state index contributed by atoms with van der Waals surface area (Å²) in [6.45, 7) is 0. The number of aromatic nitrogens is 2. The van der Waals surface area contributed by atoms with Crippen LogP contribution in [-0.4, -0.2) is 30.1 Å². The van der Waals surface area contributed by atoms with Gasteiger partial charge in [0.1, 0.15) is 5.69 Å². The molecule has 5 nitrogen and oxygen atoms in total. The summed E-state index contributed by atoms with van der Waals surface area (Å²) < 4.78 is 10.2. The molecule has 0 saturated heterocycles. The maximum absolute atomic E-state index is 5.22. The standard InChI is InChI=1S/C13H13N3O2/c1-17-12-9-14-11(8-15-12)13(18-2)16-10-6-4-3-5-7-10/h3-9H,1-2H3. The van der Waals surface area contributed by atoms with E-state index in [9.17, 15) is 0 Å². The van der Waals surface area contributed by atoms with Crippen LogP contribution in [0.2, 0.25) is 0 Å². The lowest BCUT2D eigenvalue weighted by Crippen LogP contribution is -2.06. The Hall–Kier alpha value is -2.43. The molecule has 0 radical (unpaired) electrons. The van der Waals surface area contributed by atoms with Crippen molar-refractivity contribution in [1.82, 2.24) is 9.97 Å². The Balaban J connectivity index is 2.30. The van der Waals surface area contributed by atoms with E-state index in [0.717, 1.165) is 5.69 Å². The molecule has 1 aromatic carbocycles. The third-order valence-corrected chi connectivity index (χ3v) is 2.24. The highest BCUT2D eigenvalue weighted by Gasteiger charge is 2.06. The van der Waals surface area contributed by atoms with Crippen LogP contribution in [0.15, 0.2) is 47.7 Å². The van der Waals surface area contributed by atoms with Gasteiger partial charge in [0.2, 0.25) is 11.8 Å². The summed E-state index contributed by atoms with van der Waals surface area (Å²) in [7, 11) is 3.09. The number of rotatable bonds is 3. The Bertz CT molecular complexity index is 524. The molecule has 18 heavy (non-hydrogen) atoms. The zero-order chi connectivity index (χ0) is 12.8. The second-order valence-corrected chi connectivity index (χ2v) is 3.40. The number of nitrogens with zero attached hydrogens (tertiary/aromatic N) is 3. The van der Waals surface area contributed by atoms with E-state index >= 15 is 0 Å². The molecule has 0 saturated carbocycles. The van der Waals surface area contributed by atoms with Crippen LogP contribution < -0.4 is 4.74 Å². The molecule has 5 heteroatoms. The fraction of sp³-hybridized carbons (Fsp3) is 0.154. The number of ether oxygens (including phenoxy) is 2. The lowest BCUT2D eigenvalue weighted by atomic mass is 10.3. The molecular formula is C13H13N3O2. The van der Waals surface area contributed by atoms with Crippen LogP contribution in [0.25, 0.3) is 0 Å². The van der Waals surface area contributed by atoms with Crippen LogP contribution in [0.1, 0.15) is 5.69 Å². The topological polar surface area (TPSA) is 56.6 Å². The van der Waals surface area contributed by atoms with Crippen LogP contribution in [0.5, 0.6) is 5.88 Å². The van der Waals surface area contributed by atoms with Crippen LogP contribution in [0, 0.1) is 0 Å². The molecular weight excluding hydrogens is 230 g/mol. The maximum atomic E-state index is 5.22. The quantitative estimate of drug-likeness (QED) is 0.612. The molecule has 1 aromatic heterocycles. The Morgan fingerprint density at radius 2 is 1.83 bits per heavy atom. The first-order valence-corrected chi connectivity index (χ1v) is 5.37. The minimum absolute atomic E-state index is 0.413. The molecule has 0 spiro atoms. The van der Waals surface area contributed by atoms with Gasteiger partial charge in [-0.2, -0.15) is 0 Å². The van der Waals surface area contributed by atoms with Crippen molar-refractivity contribution in [2.75, 3.05) is 14.2 Å². The molecule has 0 aliphatic rings. The predicted molar refractivity (Wildman–Crippen MR) is 68.2 cm³/mol. The minimum Gasteiger partial charge on any atom is -0.480 e. The lowest BCUT2D eigenvalue weighted by Gasteiger charge is -2.04. The number of methoxy groups -OCH3 is 2. The van der Waals surface area contributed by atoms with Gasteiger partial charge in [-0.1, -0.05) is 18.2 Å². The molecule has 92 valence electrons. The van der Waals surface area contributed by atoms with Crippen molar-refractivity contribution in [2.24, 2.45) is 4.99 Å². The Morgan fingerprint density at radius 3 is 2.39 bits per heavy atom. The monoisotopic (exact) mass is 243 g/mol. The van der Waals surface area contributed by atoms with E-state index in [2.05, 4.69) is 15.0 Å². The SMILES string of the molecule is COC(=Nc1ccccc1)c1cnc(OC)cn1. The average Bonchev–Trinajstić information content (AvgIpc) is 2.46. The molecule has 0 aliphatic carbocycles. The van der Waals surface area contributed by atoms with Crippen LogP contribution in [0.4, 0.5) is 5.69 Å². The number of para-hydroxylation sites is 1. The van der Waals surface area contributed by atoms with Gasteiger partial charge in [0.15, 0.2) is 0 Å². The molecule has 0 bridgehead atoms. The molecule has 0 amide bonds. The van der Waals surface area contributed by atoms with Gasteiger partial charge >= 0.3 is 0 Å². The van der Waals surface area contributed by atoms with Gasteiger partial charge in [-0.15, -0.1) is 0 Å². The predicted octanol–water partition coefficient (Wildman–Crippen LogP) is 2.21. The highest BCUT2D eigenvalue weighted by Crippen LogP contribution is 2.13. The summed E-state index contributed by atoms with van der Waals surface area (Å²) in [5, 5.41) is 0. The van der Waals surface area contributed by atoms with Crippen molar-refractivity contribution < 1.29 is 9.47 Å². The number of aliphatic imine (C=N–C) groups is 1. The van der Waals surface area contributed by atoms with E-state index in [0.29, 0.717) is 17.5 Å². The largest absolute Gasteiger partial charge is 0.480 e. The molecule has 0 atom stereocenters. The first-order valence-electron chi connectivity index (χ1n) is 5.37. The van der Waals surface area contributed by atoms with Gasteiger partial charge in [-0.3, -0.25) is 0 Å². The maximum Gasteiger partial charge on any atom is 0.241 e. The summed E-state index contributed by atoms with van der Waals surface area (Å²) in [5.41, 5.74) is 1.36. The van der Waals surface area contributed by atoms with Gasteiger partial charge in [-0.05, 0) is 12.1 Å². The fourth-order valence-electron chi connectivity index (χ4n) is 1.36. The average molecular weight is 243 g/mol. The van der Waals surface area contributed by atoms with Crippen LogP contribution >= 0.6 is 0 Å². The van der Waals surface area contributed by atoms with Crippen molar-refractivity contribution in [2.45, 2.75) is 0 Å². The fourth-order valence-corrected chi connectivity index (χ4v) is 1.36. The first-order chi connectivity index (χ1) is 8.83. The van der Waals surface area contributed by atoms with Gasteiger partial charge in [0.25, 0.3) is 0 Å². The van der Waals surface area contributed by atoms with Crippen molar-refractivity contribution in [3.63, 3.8) is 0 Å². The highest BCUT2D eigenvalue weighted by atomic mass is 16.5. The van der Waals surface area contributed by atoms with Crippen molar-refractivity contribution in [3.05, 3.63) is 48.4 Å². The van der Waals surface area contributed by atoms with Crippen molar-refractivity contribution in [1.29, 1.82) is 0 Å². The summed E-state index contributed by atoms with van der Waals surface area (Å²) in [6, 6.07) is 9.52. The van der Waals surface area contributed by atoms with E-state index in [-0.39, 0.29) is 0 Å². The Morgan fingerprint density at radius 1 is 1.06 bits per heavy atom.